The van der Waals surface area contributed by atoms with Gasteiger partial charge in [-0.3, -0.25) is 15.0 Å². The average molecular weight is 942 g/mol. The van der Waals surface area contributed by atoms with Crippen molar-refractivity contribution in [1.82, 2.24) is 4.90 Å². The van der Waals surface area contributed by atoms with E-state index in [0.29, 0.717) is 41.4 Å². The molecule has 1 heterocycles. The van der Waals surface area contributed by atoms with Gasteiger partial charge in [0.15, 0.2) is 0 Å². The van der Waals surface area contributed by atoms with Crippen LogP contribution in [0.4, 0.5) is 10.5 Å². The topological polar surface area (TPSA) is 162 Å². The predicted molar refractivity (Wildman–Crippen MR) is 263 cm³/mol. The molecule has 1 saturated carbocycles. The van der Waals surface area contributed by atoms with Crippen LogP contribution in [0.1, 0.15) is 67.6 Å². The van der Waals surface area contributed by atoms with Crippen molar-refractivity contribution in [3.63, 3.8) is 0 Å². The maximum absolute atomic E-state index is 14.6. The van der Waals surface area contributed by atoms with Crippen LogP contribution in [0.15, 0.2) is 144 Å². The standard InChI is InChI=1S/C54H59N3O10S/c1-4-30-64-54-50(56(53(60)63-2)34-39-15-11-14-37-12-5-6-16-44(37)39)33-48(55-65-35-36-18-20-40(21-19-36)57(61)62)46-31-38(13-7-9-28-58)45(17-8-10-29-59)51(52(46)54)47-32-42(24-27-49(47)67-54)66-41-22-25-43(68-3)26-23-41/h4-6,11-12,14-16,18-27,31-32,38,45,50-52,58-59H,1,7-10,13,17,28-30,33-35H2,2-3H3. The fraction of sp³-hybridized carbons (Fsp3) is 0.370. The van der Waals surface area contributed by atoms with Crippen LogP contribution in [0.5, 0.6) is 17.2 Å². The molecule has 13 nitrogen and oxygen atoms in total. The van der Waals surface area contributed by atoms with Crippen LogP contribution in [-0.2, 0) is 27.5 Å². The van der Waals surface area contributed by atoms with Crippen LogP contribution >= 0.6 is 11.8 Å². The fourth-order valence-electron chi connectivity index (χ4n) is 10.4. The zero-order valence-electron chi connectivity index (χ0n) is 38.5. The maximum atomic E-state index is 14.6. The number of carbonyl (C=O) groups excluding carboxylic acids is 1. The van der Waals surface area contributed by atoms with Gasteiger partial charge in [0.2, 0.25) is 5.79 Å². The number of oxime groups is 1. The summed E-state index contributed by atoms with van der Waals surface area (Å²) in [5.74, 6) is -0.466. The lowest BCUT2D eigenvalue weighted by Crippen LogP contribution is -2.70. The lowest BCUT2D eigenvalue weighted by atomic mass is 9.55. The molecule has 6 atom stereocenters. The third-order valence-corrected chi connectivity index (χ3v) is 14.2. The van der Waals surface area contributed by atoms with E-state index in [1.807, 2.05) is 85.1 Å². The summed E-state index contributed by atoms with van der Waals surface area (Å²) in [6, 6.07) is 33.2. The molecule has 1 aliphatic heterocycles. The molecule has 6 unspecified atom stereocenters. The minimum absolute atomic E-state index is 0.00651. The van der Waals surface area contributed by atoms with Crippen LogP contribution in [0.3, 0.4) is 0 Å². The number of amides is 1. The van der Waals surface area contributed by atoms with Crippen LogP contribution in [0.2, 0.25) is 0 Å². The summed E-state index contributed by atoms with van der Waals surface area (Å²) in [4.78, 5) is 34.6. The van der Waals surface area contributed by atoms with Crippen molar-refractivity contribution >= 4 is 40.0 Å². The molecule has 2 N–H and O–H groups in total. The monoisotopic (exact) mass is 941 g/mol. The van der Waals surface area contributed by atoms with E-state index < -0.39 is 28.8 Å². The Morgan fingerprint density at radius 1 is 0.956 bits per heavy atom. The molecule has 14 heteroatoms. The number of methoxy groups -OCH3 is 1. The Morgan fingerprint density at radius 3 is 2.41 bits per heavy atom. The molecular weight excluding hydrogens is 883 g/mol. The summed E-state index contributed by atoms with van der Waals surface area (Å²) < 4.78 is 26.8. The Morgan fingerprint density at radius 2 is 1.69 bits per heavy atom. The van der Waals surface area contributed by atoms with Crippen molar-refractivity contribution in [3.8, 4) is 17.2 Å². The van der Waals surface area contributed by atoms with Crippen molar-refractivity contribution < 1.29 is 43.7 Å². The second kappa shape index (κ2) is 22.3. The molecule has 0 bridgehead atoms. The van der Waals surface area contributed by atoms with E-state index >= 15 is 0 Å². The quantitative estimate of drug-likeness (QED) is 0.0237. The summed E-state index contributed by atoms with van der Waals surface area (Å²) >= 11 is 1.66. The fourth-order valence-corrected chi connectivity index (χ4v) is 10.8. The van der Waals surface area contributed by atoms with Gasteiger partial charge in [0.1, 0.15) is 29.9 Å². The molecule has 0 radical (unpaired) electrons. The van der Waals surface area contributed by atoms with Gasteiger partial charge < -0.3 is 34.0 Å². The lowest BCUT2D eigenvalue weighted by Gasteiger charge is -2.59. The first kappa shape index (κ1) is 48.3. The molecule has 8 rings (SSSR count). The minimum Gasteiger partial charge on any atom is -0.459 e. The van der Waals surface area contributed by atoms with Crippen molar-refractivity contribution in [2.75, 3.05) is 33.2 Å². The third kappa shape index (κ3) is 10.3. The van der Waals surface area contributed by atoms with Crippen LogP contribution in [-0.4, -0.2) is 76.9 Å². The summed E-state index contributed by atoms with van der Waals surface area (Å²) in [5.41, 5.74) is 3.95. The Labute approximate surface area is 401 Å². The van der Waals surface area contributed by atoms with E-state index in [-0.39, 0.29) is 62.8 Å². The highest BCUT2D eigenvalue weighted by atomic mass is 32.2. The molecule has 5 aromatic carbocycles. The van der Waals surface area contributed by atoms with Crippen LogP contribution < -0.4 is 9.47 Å². The lowest BCUT2D eigenvalue weighted by molar-refractivity contribution is -0.384. The number of hydrogen-bond acceptors (Lipinski definition) is 12. The number of nitro benzene ring substituents is 1. The molecule has 0 spiro atoms. The Balaban J connectivity index is 1.33. The number of carbonyl (C=O) groups is 1. The van der Waals surface area contributed by atoms with Crippen molar-refractivity contribution in [2.45, 2.75) is 80.7 Å². The highest BCUT2D eigenvalue weighted by Gasteiger charge is 2.65. The van der Waals surface area contributed by atoms with E-state index in [4.69, 9.17) is 28.9 Å². The molecule has 68 heavy (non-hydrogen) atoms. The van der Waals surface area contributed by atoms with Gasteiger partial charge >= 0.3 is 6.09 Å². The zero-order chi connectivity index (χ0) is 47.6. The molecule has 356 valence electrons. The Kier molecular flexibility index (Phi) is 15.8. The minimum atomic E-state index is -1.52. The number of unbranched alkanes of at least 4 members (excludes halogenated alkanes) is 2. The van der Waals surface area contributed by atoms with Crippen molar-refractivity contribution in [3.05, 3.63) is 160 Å². The van der Waals surface area contributed by atoms with Crippen LogP contribution in [0, 0.1) is 27.9 Å². The van der Waals surface area contributed by atoms with E-state index in [9.17, 15) is 25.1 Å². The number of allylic oxidation sites excluding steroid dienone is 1. The van der Waals surface area contributed by atoms with Gasteiger partial charge in [0.25, 0.3) is 5.69 Å². The number of non-ortho nitro benzene ring substituents is 1. The number of benzene rings is 5. The number of fused-ring (bicyclic) bond motifs is 3. The molecule has 1 amide bonds. The first-order chi connectivity index (χ1) is 33.2. The largest absolute Gasteiger partial charge is 0.459 e. The zero-order valence-corrected chi connectivity index (χ0v) is 39.4. The van der Waals surface area contributed by atoms with E-state index in [2.05, 4.69) is 18.7 Å². The molecule has 0 aromatic heterocycles. The summed E-state index contributed by atoms with van der Waals surface area (Å²) in [6.45, 7) is 4.46. The molecule has 2 aliphatic carbocycles. The Hall–Kier alpha value is -6.19. The number of ether oxygens (including phenoxy) is 4. The van der Waals surface area contributed by atoms with Gasteiger partial charge in [-0.25, -0.2) is 4.79 Å². The summed E-state index contributed by atoms with van der Waals surface area (Å²) in [5, 5.41) is 38.4. The van der Waals surface area contributed by atoms with Crippen LogP contribution in [0.25, 0.3) is 10.8 Å². The normalized spacial score (nSPS) is 22.0. The summed E-state index contributed by atoms with van der Waals surface area (Å²) in [7, 11) is 1.37. The van der Waals surface area contributed by atoms with E-state index in [0.717, 1.165) is 58.1 Å². The number of rotatable bonds is 21. The second-order valence-corrected chi connectivity index (χ2v) is 18.4. The van der Waals surface area contributed by atoms with Gasteiger partial charge in [-0.1, -0.05) is 72.6 Å². The van der Waals surface area contributed by atoms with Gasteiger partial charge in [-0.2, -0.15) is 0 Å². The van der Waals surface area contributed by atoms with E-state index in [1.165, 1.54) is 19.2 Å². The Bertz CT molecular complexity index is 2620. The van der Waals surface area contributed by atoms with Crippen molar-refractivity contribution in [2.24, 2.45) is 22.9 Å². The molecule has 3 aliphatic rings. The highest BCUT2D eigenvalue weighted by Crippen LogP contribution is 2.62. The second-order valence-electron chi connectivity index (χ2n) is 17.5. The van der Waals surface area contributed by atoms with Gasteiger partial charge in [-0.05, 0) is 126 Å². The van der Waals surface area contributed by atoms with E-state index in [1.54, 1.807) is 34.9 Å². The molecule has 1 fully saturated rings. The van der Waals surface area contributed by atoms with Gasteiger partial charge in [0.05, 0.1) is 36.8 Å². The number of aliphatic hydroxyl groups is 2. The highest BCUT2D eigenvalue weighted by molar-refractivity contribution is 7.98. The third-order valence-electron chi connectivity index (χ3n) is 13.5. The smallest absolute Gasteiger partial charge is 0.410 e. The molecule has 5 aromatic rings. The average Bonchev–Trinajstić information content (AvgIpc) is 3.36. The summed E-state index contributed by atoms with van der Waals surface area (Å²) in [6.07, 6.45) is 9.91. The van der Waals surface area contributed by atoms with Gasteiger partial charge in [0, 0.05) is 48.1 Å². The molecule has 0 saturated heterocycles. The first-order valence-corrected chi connectivity index (χ1v) is 24.5. The number of hydrogen-bond donors (Lipinski definition) is 2. The number of thioether (sulfide) groups is 1. The number of nitro groups is 1. The van der Waals surface area contributed by atoms with Crippen molar-refractivity contribution in [1.29, 1.82) is 0 Å². The van der Waals surface area contributed by atoms with Gasteiger partial charge in [-0.15, -0.1) is 18.3 Å². The predicted octanol–water partition coefficient (Wildman–Crippen LogP) is 11.4. The molecular formula is C54H59N3O10S. The number of nitrogens with zero attached hydrogens (tertiary/aromatic N) is 3. The SMILES string of the molecule is C=CCOC12Oc3ccc(Oc4ccc(SC)cc4)cc3C3C(CCCCO)C(CCCCO)C=C(C(=NOCc4ccc([N+](=O)[O-])cc4)CC1N(Cc1cccc4ccccc14)C(=O)OC)C32. The first-order valence-electron chi connectivity index (χ1n) is 23.3. The maximum Gasteiger partial charge on any atom is 0.410 e. The number of aliphatic hydroxyl groups excluding tert-OH is 2.